The number of halogens is 1. The second kappa shape index (κ2) is 6.63. The van der Waals surface area contributed by atoms with Crippen molar-refractivity contribution in [1.29, 1.82) is 0 Å². The molecule has 0 radical (unpaired) electrons. The Bertz CT molecular complexity index is 895. The third kappa shape index (κ3) is 3.12. The summed E-state index contributed by atoms with van der Waals surface area (Å²) in [5, 5.41) is 0. The molecule has 25 heavy (non-hydrogen) atoms. The highest BCUT2D eigenvalue weighted by Gasteiger charge is 2.21. The number of likely N-dealkylation sites (tertiary alicyclic amines) is 1. The molecule has 0 aliphatic carbocycles. The van der Waals surface area contributed by atoms with Crippen LogP contribution in [0.3, 0.4) is 0 Å². The molecule has 0 saturated carbocycles. The molecule has 0 spiro atoms. The lowest BCUT2D eigenvalue weighted by Gasteiger charge is -2.18. The number of nitrogens with zero attached hydrogens (tertiary/aromatic N) is 4. The number of fused-ring (bicyclic) bond motifs is 1. The van der Waals surface area contributed by atoms with Gasteiger partial charge >= 0.3 is 0 Å². The number of carbonyl (C=O) groups excluding carboxylic acids is 1. The number of benzene rings is 1. The molecule has 128 valence electrons. The van der Waals surface area contributed by atoms with Gasteiger partial charge in [0.05, 0.1) is 0 Å². The molecule has 0 unspecified atom stereocenters. The summed E-state index contributed by atoms with van der Waals surface area (Å²) >= 11 is 0. The lowest BCUT2D eigenvalue weighted by atomic mass is 10.1. The van der Waals surface area contributed by atoms with Gasteiger partial charge in [0, 0.05) is 37.2 Å². The topological polar surface area (TPSA) is 50.5 Å². The Morgan fingerprint density at radius 1 is 1.04 bits per heavy atom. The molecule has 3 heterocycles. The summed E-state index contributed by atoms with van der Waals surface area (Å²) in [6.07, 6.45) is 9.61. The van der Waals surface area contributed by atoms with Crippen molar-refractivity contribution in [1.82, 2.24) is 19.3 Å². The maximum Gasteiger partial charge on any atom is 0.274 e. The third-order valence-electron chi connectivity index (χ3n) is 4.61. The van der Waals surface area contributed by atoms with Crippen molar-refractivity contribution >= 4 is 11.6 Å². The van der Waals surface area contributed by atoms with E-state index in [0.29, 0.717) is 17.0 Å². The number of imidazole rings is 1. The number of carbonyl (C=O) groups is 1. The summed E-state index contributed by atoms with van der Waals surface area (Å²) in [4.78, 5) is 23.6. The predicted octanol–water partition coefficient (Wildman–Crippen LogP) is 3.55. The van der Waals surface area contributed by atoms with Crippen molar-refractivity contribution in [2.75, 3.05) is 13.1 Å². The van der Waals surface area contributed by atoms with Crippen LogP contribution in [0.25, 0.3) is 16.9 Å². The van der Waals surface area contributed by atoms with Gasteiger partial charge in [-0.3, -0.25) is 9.78 Å². The van der Waals surface area contributed by atoms with Crippen molar-refractivity contribution in [3.05, 3.63) is 54.4 Å². The highest BCUT2D eigenvalue weighted by atomic mass is 19.1. The molecule has 0 atom stereocenters. The van der Waals surface area contributed by atoms with Gasteiger partial charge in [-0.2, -0.15) is 0 Å². The number of aromatic nitrogens is 3. The van der Waals surface area contributed by atoms with Gasteiger partial charge in [-0.25, -0.2) is 9.37 Å². The smallest absolute Gasteiger partial charge is 0.274 e. The van der Waals surface area contributed by atoms with Gasteiger partial charge in [0.15, 0.2) is 5.65 Å². The molecule has 1 fully saturated rings. The van der Waals surface area contributed by atoms with E-state index in [1.54, 1.807) is 35.1 Å². The largest absolute Gasteiger partial charge is 0.337 e. The zero-order chi connectivity index (χ0) is 17.2. The predicted molar refractivity (Wildman–Crippen MR) is 92.8 cm³/mol. The summed E-state index contributed by atoms with van der Waals surface area (Å²) in [6, 6.07) is 6.13. The third-order valence-corrected chi connectivity index (χ3v) is 4.61. The van der Waals surface area contributed by atoms with E-state index < -0.39 is 0 Å². The van der Waals surface area contributed by atoms with Crippen LogP contribution in [0.1, 0.15) is 36.2 Å². The maximum atomic E-state index is 13.2. The Morgan fingerprint density at radius 3 is 2.48 bits per heavy atom. The van der Waals surface area contributed by atoms with Crippen molar-refractivity contribution < 1.29 is 9.18 Å². The van der Waals surface area contributed by atoms with Crippen LogP contribution in [0.2, 0.25) is 0 Å². The van der Waals surface area contributed by atoms with E-state index >= 15 is 0 Å². The van der Waals surface area contributed by atoms with Crippen LogP contribution in [0, 0.1) is 5.82 Å². The van der Waals surface area contributed by atoms with E-state index in [1.165, 1.54) is 25.0 Å². The van der Waals surface area contributed by atoms with Gasteiger partial charge in [0.1, 0.15) is 17.2 Å². The van der Waals surface area contributed by atoms with Gasteiger partial charge in [0.2, 0.25) is 0 Å². The molecule has 0 N–H and O–H groups in total. The summed E-state index contributed by atoms with van der Waals surface area (Å²) in [5.74, 6) is -0.327. The van der Waals surface area contributed by atoms with Crippen LogP contribution in [-0.4, -0.2) is 38.3 Å². The van der Waals surface area contributed by atoms with E-state index in [-0.39, 0.29) is 11.7 Å². The lowest BCUT2D eigenvalue weighted by molar-refractivity contribution is 0.0756. The fourth-order valence-electron chi connectivity index (χ4n) is 3.27. The minimum Gasteiger partial charge on any atom is -0.337 e. The molecular formula is C19H19FN4O. The Balaban J connectivity index is 1.71. The summed E-state index contributed by atoms with van der Waals surface area (Å²) in [7, 11) is 0. The van der Waals surface area contributed by atoms with Crippen LogP contribution in [0.4, 0.5) is 4.39 Å². The number of hydrogen-bond donors (Lipinski definition) is 0. The van der Waals surface area contributed by atoms with Crippen molar-refractivity contribution in [2.24, 2.45) is 0 Å². The van der Waals surface area contributed by atoms with Crippen molar-refractivity contribution in [2.45, 2.75) is 25.7 Å². The van der Waals surface area contributed by atoms with E-state index in [9.17, 15) is 9.18 Å². The van der Waals surface area contributed by atoms with E-state index in [4.69, 9.17) is 0 Å². The second-order valence-electron chi connectivity index (χ2n) is 6.35. The van der Waals surface area contributed by atoms with Gasteiger partial charge in [-0.1, -0.05) is 12.8 Å². The first kappa shape index (κ1) is 15.7. The van der Waals surface area contributed by atoms with Gasteiger partial charge in [-0.15, -0.1) is 0 Å². The number of hydrogen-bond acceptors (Lipinski definition) is 3. The lowest BCUT2D eigenvalue weighted by Crippen LogP contribution is -2.32. The zero-order valence-electron chi connectivity index (χ0n) is 13.9. The van der Waals surface area contributed by atoms with E-state index in [0.717, 1.165) is 31.5 Å². The molecule has 1 aliphatic rings. The molecular weight excluding hydrogens is 319 g/mol. The molecule has 3 aromatic rings. The number of amides is 1. The minimum absolute atomic E-state index is 0.0318. The average Bonchev–Trinajstić information content (AvgIpc) is 2.88. The summed E-state index contributed by atoms with van der Waals surface area (Å²) in [6.45, 7) is 1.57. The maximum absolute atomic E-state index is 13.2. The normalized spacial score (nSPS) is 15.3. The molecule has 0 bridgehead atoms. The summed E-state index contributed by atoms with van der Waals surface area (Å²) < 4.78 is 15.0. The van der Waals surface area contributed by atoms with E-state index in [2.05, 4.69) is 9.97 Å². The fraction of sp³-hybridized carbons (Fsp3) is 0.316. The first-order chi connectivity index (χ1) is 12.2. The van der Waals surface area contributed by atoms with Crippen LogP contribution < -0.4 is 0 Å². The van der Waals surface area contributed by atoms with Gasteiger partial charge in [0.25, 0.3) is 5.91 Å². The van der Waals surface area contributed by atoms with Crippen LogP contribution >= 0.6 is 0 Å². The zero-order valence-corrected chi connectivity index (χ0v) is 13.9. The molecule has 4 rings (SSSR count). The summed E-state index contributed by atoms with van der Waals surface area (Å²) in [5.41, 5.74) is 2.44. The minimum atomic E-state index is -0.295. The SMILES string of the molecule is O=C(c1cn2ccnc(-c3ccc(F)cc3)c2n1)N1CCCCCC1. The van der Waals surface area contributed by atoms with Crippen molar-refractivity contribution in [3.63, 3.8) is 0 Å². The Labute approximate surface area is 145 Å². The highest BCUT2D eigenvalue weighted by molar-refractivity contribution is 5.93. The fourth-order valence-corrected chi connectivity index (χ4v) is 3.27. The van der Waals surface area contributed by atoms with Crippen LogP contribution in [0.15, 0.2) is 42.9 Å². The Hall–Kier alpha value is -2.76. The molecule has 1 saturated heterocycles. The molecule has 6 heteroatoms. The first-order valence-electron chi connectivity index (χ1n) is 8.61. The Morgan fingerprint density at radius 2 is 1.76 bits per heavy atom. The standard InChI is InChI=1S/C19H19FN4O/c20-15-7-5-14(6-8-15)17-18-22-16(13-24(18)12-9-21-17)19(25)23-10-3-1-2-4-11-23/h5-9,12-13H,1-4,10-11H2. The quantitative estimate of drug-likeness (QED) is 0.718. The Kier molecular flexibility index (Phi) is 4.17. The second-order valence-corrected chi connectivity index (χ2v) is 6.35. The highest BCUT2D eigenvalue weighted by Crippen LogP contribution is 2.23. The molecule has 1 amide bonds. The first-order valence-corrected chi connectivity index (χ1v) is 8.61. The van der Waals surface area contributed by atoms with Gasteiger partial charge < -0.3 is 9.30 Å². The monoisotopic (exact) mass is 338 g/mol. The van der Waals surface area contributed by atoms with Gasteiger partial charge in [-0.05, 0) is 37.1 Å². The molecule has 1 aliphatic heterocycles. The average molecular weight is 338 g/mol. The molecule has 1 aromatic carbocycles. The molecule has 5 nitrogen and oxygen atoms in total. The van der Waals surface area contributed by atoms with Crippen LogP contribution in [-0.2, 0) is 0 Å². The van der Waals surface area contributed by atoms with E-state index in [1.807, 2.05) is 4.90 Å². The van der Waals surface area contributed by atoms with Crippen LogP contribution in [0.5, 0.6) is 0 Å². The van der Waals surface area contributed by atoms with Crippen molar-refractivity contribution in [3.8, 4) is 11.3 Å². The molecule has 2 aromatic heterocycles. The number of rotatable bonds is 2.